The van der Waals surface area contributed by atoms with Crippen LogP contribution in [0.3, 0.4) is 0 Å². The van der Waals surface area contributed by atoms with E-state index in [9.17, 15) is 14.7 Å². The van der Waals surface area contributed by atoms with E-state index in [1.807, 2.05) is 6.26 Å². The maximum Gasteiger partial charge on any atom is 0.337 e. The Hall–Kier alpha value is -0.750. The molecular weight excluding hydrogens is 230 g/mol. The molecule has 0 aliphatic carbocycles. The lowest BCUT2D eigenvalue weighted by molar-refractivity contribution is -0.156. The number of carbonyl (C=O) groups excluding carboxylic acids is 1. The minimum Gasteiger partial charge on any atom is -0.479 e. The number of unbranched alkanes of at least 4 members (excludes halogenated alkanes) is 1. The molecule has 1 amide bonds. The van der Waals surface area contributed by atoms with Gasteiger partial charge < -0.3 is 15.5 Å². The number of carbonyl (C=O) groups is 2. The SMILES string of the molecule is CSCCCCC(=O)NCC(C)(O)C(=O)O. The van der Waals surface area contributed by atoms with Gasteiger partial charge in [0.25, 0.3) is 0 Å². The number of thioether (sulfide) groups is 1. The average molecular weight is 249 g/mol. The highest BCUT2D eigenvalue weighted by atomic mass is 32.2. The van der Waals surface area contributed by atoms with Gasteiger partial charge in [0.2, 0.25) is 5.91 Å². The predicted octanol–water partition coefficient (Wildman–Crippen LogP) is 0.471. The lowest BCUT2D eigenvalue weighted by Crippen LogP contribution is -2.46. The van der Waals surface area contributed by atoms with Gasteiger partial charge in [0.1, 0.15) is 0 Å². The molecule has 94 valence electrons. The van der Waals surface area contributed by atoms with Gasteiger partial charge in [-0.05, 0) is 31.8 Å². The second-order valence-electron chi connectivity index (χ2n) is 3.81. The Morgan fingerprint density at radius 2 is 2.00 bits per heavy atom. The molecule has 3 N–H and O–H groups in total. The van der Waals surface area contributed by atoms with Gasteiger partial charge >= 0.3 is 5.97 Å². The molecule has 0 fully saturated rings. The van der Waals surface area contributed by atoms with Gasteiger partial charge in [-0.15, -0.1) is 0 Å². The highest BCUT2D eigenvalue weighted by Crippen LogP contribution is 2.04. The predicted molar refractivity (Wildman–Crippen MR) is 63.5 cm³/mol. The summed E-state index contributed by atoms with van der Waals surface area (Å²) in [5.74, 6) is -0.544. The summed E-state index contributed by atoms with van der Waals surface area (Å²) in [6.07, 6.45) is 4.12. The number of aliphatic hydroxyl groups is 1. The molecule has 0 spiro atoms. The van der Waals surface area contributed by atoms with Crippen molar-refractivity contribution in [2.24, 2.45) is 0 Å². The third kappa shape index (κ3) is 6.68. The van der Waals surface area contributed by atoms with Gasteiger partial charge in [-0.25, -0.2) is 4.79 Å². The van der Waals surface area contributed by atoms with E-state index < -0.39 is 11.6 Å². The van der Waals surface area contributed by atoms with E-state index in [2.05, 4.69) is 5.32 Å². The van der Waals surface area contributed by atoms with Gasteiger partial charge in [-0.2, -0.15) is 11.8 Å². The number of hydrogen-bond acceptors (Lipinski definition) is 4. The van der Waals surface area contributed by atoms with Gasteiger partial charge in [0.15, 0.2) is 5.60 Å². The highest BCUT2D eigenvalue weighted by molar-refractivity contribution is 7.98. The molecular formula is C10H19NO4S. The van der Waals surface area contributed by atoms with Crippen LogP contribution in [-0.2, 0) is 9.59 Å². The molecule has 0 aliphatic rings. The number of carboxylic acids is 1. The van der Waals surface area contributed by atoms with Crippen LogP contribution in [0.1, 0.15) is 26.2 Å². The summed E-state index contributed by atoms with van der Waals surface area (Å²) in [5, 5.41) is 20.3. The van der Waals surface area contributed by atoms with Crippen molar-refractivity contribution in [1.29, 1.82) is 0 Å². The van der Waals surface area contributed by atoms with Crippen LogP contribution in [0.15, 0.2) is 0 Å². The molecule has 0 rings (SSSR count). The first-order valence-electron chi connectivity index (χ1n) is 5.11. The molecule has 1 atom stereocenters. The van der Waals surface area contributed by atoms with Crippen molar-refractivity contribution in [2.45, 2.75) is 31.8 Å². The van der Waals surface area contributed by atoms with Crippen LogP contribution in [0.25, 0.3) is 0 Å². The lowest BCUT2D eigenvalue weighted by atomic mass is 10.1. The van der Waals surface area contributed by atoms with Crippen LogP contribution in [0.2, 0.25) is 0 Å². The van der Waals surface area contributed by atoms with E-state index in [0.29, 0.717) is 6.42 Å². The number of rotatable bonds is 8. The molecule has 6 heteroatoms. The Morgan fingerprint density at radius 3 is 2.50 bits per heavy atom. The van der Waals surface area contributed by atoms with E-state index in [4.69, 9.17) is 5.11 Å². The van der Waals surface area contributed by atoms with Crippen LogP contribution in [0, 0.1) is 0 Å². The van der Waals surface area contributed by atoms with Crippen LogP contribution < -0.4 is 5.32 Å². The molecule has 0 saturated carbocycles. The molecule has 0 aromatic carbocycles. The topological polar surface area (TPSA) is 86.6 Å². The zero-order valence-corrected chi connectivity index (χ0v) is 10.5. The molecule has 16 heavy (non-hydrogen) atoms. The van der Waals surface area contributed by atoms with E-state index >= 15 is 0 Å². The Bertz CT molecular complexity index is 243. The number of hydrogen-bond donors (Lipinski definition) is 3. The van der Waals surface area contributed by atoms with E-state index in [1.54, 1.807) is 11.8 Å². The number of carboxylic acid groups (broad SMARTS) is 1. The molecule has 0 saturated heterocycles. The molecule has 0 radical (unpaired) electrons. The van der Waals surface area contributed by atoms with Crippen molar-refractivity contribution in [3.05, 3.63) is 0 Å². The second-order valence-corrected chi connectivity index (χ2v) is 4.79. The van der Waals surface area contributed by atoms with Gasteiger partial charge in [0, 0.05) is 6.42 Å². The highest BCUT2D eigenvalue weighted by Gasteiger charge is 2.29. The molecule has 0 aromatic rings. The van der Waals surface area contributed by atoms with Crippen molar-refractivity contribution in [2.75, 3.05) is 18.6 Å². The van der Waals surface area contributed by atoms with Crippen molar-refractivity contribution >= 4 is 23.6 Å². The van der Waals surface area contributed by atoms with Crippen LogP contribution in [0.4, 0.5) is 0 Å². The first-order chi connectivity index (χ1) is 7.40. The summed E-state index contributed by atoms with van der Waals surface area (Å²) in [6.45, 7) is 0.896. The summed E-state index contributed by atoms with van der Waals surface area (Å²) in [6, 6.07) is 0. The molecule has 0 aromatic heterocycles. The summed E-state index contributed by atoms with van der Waals surface area (Å²) in [4.78, 5) is 21.8. The molecule has 0 aliphatic heterocycles. The molecule has 0 bridgehead atoms. The summed E-state index contributed by atoms with van der Waals surface area (Å²) >= 11 is 1.73. The van der Waals surface area contributed by atoms with Gasteiger partial charge in [0.05, 0.1) is 6.54 Å². The number of aliphatic carboxylic acids is 1. The Morgan fingerprint density at radius 1 is 1.38 bits per heavy atom. The normalized spacial score (nSPS) is 14.2. The van der Waals surface area contributed by atoms with E-state index in [0.717, 1.165) is 25.5 Å². The fraction of sp³-hybridized carbons (Fsp3) is 0.800. The largest absolute Gasteiger partial charge is 0.479 e. The van der Waals surface area contributed by atoms with Crippen LogP contribution in [0.5, 0.6) is 0 Å². The maximum atomic E-state index is 11.3. The minimum absolute atomic E-state index is 0.220. The molecule has 0 heterocycles. The third-order valence-electron chi connectivity index (χ3n) is 2.09. The minimum atomic E-state index is -1.89. The Balaban J connectivity index is 3.69. The first kappa shape index (κ1) is 15.2. The van der Waals surface area contributed by atoms with E-state index in [1.165, 1.54) is 0 Å². The van der Waals surface area contributed by atoms with Crippen LogP contribution in [-0.4, -0.2) is 46.2 Å². The van der Waals surface area contributed by atoms with Crippen molar-refractivity contribution < 1.29 is 19.8 Å². The maximum absolute atomic E-state index is 11.3. The van der Waals surface area contributed by atoms with Crippen LogP contribution >= 0.6 is 11.8 Å². The fourth-order valence-electron chi connectivity index (χ4n) is 0.967. The quantitative estimate of drug-likeness (QED) is 0.544. The average Bonchev–Trinajstić information content (AvgIpc) is 2.21. The van der Waals surface area contributed by atoms with Crippen molar-refractivity contribution in [3.8, 4) is 0 Å². The zero-order valence-electron chi connectivity index (χ0n) is 9.65. The number of amides is 1. The van der Waals surface area contributed by atoms with E-state index in [-0.39, 0.29) is 12.5 Å². The first-order valence-corrected chi connectivity index (χ1v) is 6.51. The fourth-order valence-corrected chi connectivity index (χ4v) is 1.46. The van der Waals surface area contributed by atoms with Gasteiger partial charge in [-0.1, -0.05) is 0 Å². The lowest BCUT2D eigenvalue weighted by Gasteiger charge is -2.18. The Labute approximate surface area is 99.6 Å². The number of nitrogens with one attached hydrogen (secondary N) is 1. The summed E-state index contributed by atoms with van der Waals surface area (Å²) < 4.78 is 0. The van der Waals surface area contributed by atoms with Crippen molar-refractivity contribution in [3.63, 3.8) is 0 Å². The third-order valence-corrected chi connectivity index (χ3v) is 2.79. The zero-order chi connectivity index (χ0) is 12.6. The summed E-state index contributed by atoms with van der Waals surface area (Å²) in [5.41, 5.74) is -1.89. The Kier molecular flexibility index (Phi) is 7.16. The smallest absolute Gasteiger partial charge is 0.337 e. The van der Waals surface area contributed by atoms with Gasteiger partial charge in [-0.3, -0.25) is 4.79 Å². The second kappa shape index (κ2) is 7.51. The summed E-state index contributed by atoms with van der Waals surface area (Å²) in [7, 11) is 0. The van der Waals surface area contributed by atoms with Crippen molar-refractivity contribution in [1.82, 2.24) is 5.32 Å². The molecule has 5 nitrogen and oxygen atoms in total. The monoisotopic (exact) mass is 249 g/mol. The standard InChI is InChI=1S/C10H19NO4S/c1-10(15,9(13)14)7-11-8(12)5-3-4-6-16-2/h15H,3-7H2,1-2H3,(H,11,12)(H,13,14). The molecule has 1 unspecified atom stereocenters.